The molecule has 6 heteroatoms. The third kappa shape index (κ3) is 6.24. The summed E-state index contributed by atoms with van der Waals surface area (Å²) in [5.41, 5.74) is 0. The SMILES string of the molecule is CCC/C(O)=C/C(O)(OC(=O)CC)OC(=O)CC. The van der Waals surface area contributed by atoms with Gasteiger partial charge in [-0.15, -0.1) is 0 Å². The summed E-state index contributed by atoms with van der Waals surface area (Å²) in [4.78, 5) is 22.3. The second-order valence-electron chi connectivity index (χ2n) is 3.67. The second-order valence-corrected chi connectivity index (χ2v) is 3.67. The maximum Gasteiger partial charge on any atom is 0.399 e. The van der Waals surface area contributed by atoms with Crippen LogP contribution in [-0.4, -0.2) is 28.1 Å². The van der Waals surface area contributed by atoms with E-state index in [1.165, 1.54) is 13.8 Å². The quantitative estimate of drug-likeness (QED) is 0.412. The molecule has 0 aliphatic heterocycles. The Kier molecular flexibility index (Phi) is 7.04. The molecule has 0 radical (unpaired) electrons. The molecule has 0 aliphatic carbocycles. The van der Waals surface area contributed by atoms with Crippen LogP contribution in [0.5, 0.6) is 0 Å². The Morgan fingerprint density at radius 2 is 1.56 bits per heavy atom. The predicted molar refractivity (Wildman–Crippen MR) is 63.3 cm³/mol. The molecule has 6 nitrogen and oxygen atoms in total. The van der Waals surface area contributed by atoms with Crippen LogP contribution in [0.25, 0.3) is 0 Å². The van der Waals surface area contributed by atoms with E-state index in [0.29, 0.717) is 6.42 Å². The van der Waals surface area contributed by atoms with Crippen molar-refractivity contribution >= 4 is 11.9 Å². The summed E-state index contributed by atoms with van der Waals surface area (Å²) in [5.74, 6) is -4.25. The van der Waals surface area contributed by atoms with E-state index in [1.807, 2.05) is 6.92 Å². The van der Waals surface area contributed by atoms with Crippen molar-refractivity contribution in [2.24, 2.45) is 0 Å². The number of allylic oxidation sites excluding steroid dienone is 1. The van der Waals surface area contributed by atoms with Crippen molar-refractivity contribution in [3.05, 3.63) is 11.8 Å². The van der Waals surface area contributed by atoms with Gasteiger partial charge in [-0.05, 0) is 6.42 Å². The average Bonchev–Trinajstić information content (AvgIpc) is 2.28. The van der Waals surface area contributed by atoms with Crippen molar-refractivity contribution in [1.82, 2.24) is 0 Å². The summed E-state index contributed by atoms with van der Waals surface area (Å²) < 4.78 is 9.23. The van der Waals surface area contributed by atoms with Gasteiger partial charge >= 0.3 is 17.9 Å². The number of rotatable bonds is 7. The first-order chi connectivity index (χ1) is 8.36. The zero-order chi connectivity index (χ0) is 14.2. The summed E-state index contributed by atoms with van der Waals surface area (Å²) in [6, 6.07) is 0. The van der Waals surface area contributed by atoms with Gasteiger partial charge in [0.1, 0.15) is 0 Å². The molecular weight excluding hydrogens is 240 g/mol. The van der Waals surface area contributed by atoms with Gasteiger partial charge in [0.05, 0.1) is 11.8 Å². The molecule has 0 heterocycles. The summed E-state index contributed by atoms with van der Waals surface area (Å²) >= 11 is 0. The van der Waals surface area contributed by atoms with E-state index in [-0.39, 0.29) is 25.0 Å². The van der Waals surface area contributed by atoms with Crippen LogP contribution in [0, 0.1) is 0 Å². The van der Waals surface area contributed by atoms with Gasteiger partial charge in [0.25, 0.3) is 0 Å². The minimum absolute atomic E-state index is 0.00830. The number of carbonyl (C=O) groups excluding carboxylic acids is 2. The molecule has 0 bridgehead atoms. The van der Waals surface area contributed by atoms with Gasteiger partial charge < -0.3 is 19.7 Å². The molecule has 0 aromatic heterocycles. The largest absolute Gasteiger partial charge is 0.512 e. The fraction of sp³-hybridized carbons (Fsp3) is 0.667. The van der Waals surface area contributed by atoms with Crippen molar-refractivity contribution in [2.75, 3.05) is 0 Å². The highest BCUT2D eigenvalue weighted by Crippen LogP contribution is 2.17. The van der Waals surface area contributed by atoms with Crippen LogP contribution in [0.3, 0.4) is 0 Å². The van der Waals surface area contributed by atoms with E-state index < -0.39 is 17.9 Å². The molecule has 0 aromatic carbocycles. The average molecular weight is 260 g/mol. The molecule has 2 N–H and O–H groups in total. The molecule has 0 saturated carbocycles. The predicted octanol–water partition coefficient (Wildman–Crippen LogP) is 1.78. The lowest BCUT2D eigenvalue weighted by Crippen LogP contribution is -2.38. The third-order valence-corrected chi connectivity index (χ3v) is 1.95. The molecule has 0 atom stereocenters. The smallest absolute Gasteiger partial charge is 0.399 e. The molecule has 0 aliphatic rings. The van der Waals surface area contributed by atoms with E-state index in [9.17, 15) is 19.8 Å². The Hall–Kier alpha value is -1.56. The fourth-order valence-corrected chi connectivity index (χ4v) is 1.09. The highest BCUT2D eigenvalue weighted by molar-refractivity contribution is 5.71. The monoisotopic (exact) mass is 260 g/mol. The first-order valence-corrected chi connectivity index (χ1v) is 5.93. The van der Waals surface area contributed by atoms with Crippen LogP contribution < -0.4 is 0 Å². The first kappa shape index (κ1) is 16.4. The lowest BCUT2D eigenvalue weighted by molar-refractivity contribution is -0.296. The first-order valence-electron chi connectivity index (χ1n) is 5.93. The maximum absolute atomic E-state index is 11.2. The van der Waals surface area contributed by atoms with Crippen LogP contribution in [-0.2, 0) is 19.1 Å². The normalized spacial score (nSPS) is 12.1. The summed E-state index contributed by atoms with van der Waals surface area (Å²) in [5, 5.41) is 19.4. The van der Waals surface area contributed by atoms with Crippen molar-refractivity contribution < 1.29 is 29.3 Å². The van der Waals surface area contributed by atoms with Crippen LogP contribution in [0.1, 0.15) is 46.5 Å². The van der Waals surface area contributed by atoms with E-state index in [2.05, 4.69) is 9.47 Å². The van der Waals surface area contributed by atoms with Crippen molar-refractivity contribution in [3.63, 3.8) is 0 Å². The molecular formula is C12H20O6. The summed E-state index contributed by atoms with van der Waals surface area (Å²) in [6.45, 7) is 4.87. The number of aliphatic hydroxyl groups excluding tert-OH is 1. The van der Waals surface area contributed by atoms with Crippen LogP contribution in [0.4, 0.5) is 0 Å². The Morgan fingerprint density at radius 1 is 1.11 bits per heavy atom. The van der Waals surface area contributed by atoms with Gasteiger partial charge in [-0.2, -0.15) is 0 Å². The highest BCUT2D eigenvalue weighted by atomic mass is 16.8. The Bertz CT molecular complexity index is 303. The Balaban J connectivity index is 4.95. The number of hydrogen-bond donors (Lipinski definition) is 2. The zero-order valence-electron chi connectivity index (χ0n) is 10.9. The zero-order valence-corrected chi connectivity index (χ0v) is 10.9. The maximum atomic E-state index is 11.2. The van der Waals surface area contributed by atoms with Crippen LogP contribution in [0.15, 0.2) is 11.8 Å². The van der Waals surface area contributed by atoms with Crippen LogP contribution in [0.2, 0.25) is 0 Å². The third-order valence-electron chi connectivity index (χ3n) is 1.95. The number of esters is 2. The van der Waals surface area contributed by atoms with Gasteiger partial charge in [0, 0.05) is 19.3 Å². The van der Waals surface area contributed by atoms with Crippen molar-refractivity contribution in [3.8, 4) is 0 Å². The van der Waals surface area contributed by atoms with E-state index in [1.54, 1.807) is 0 Å². The van der Waals surface area contributed by atoms with Crippen molar-refractivity contribution in [1.29, 1.82) is 0 Å². The summed E-state index contributed by atoms with van der Waals surface area (Å²) in [7, 11) is 0. The van der Waals surface area contributed by atoms with E-state index in [0.717, 1.165) is 6.08 Å². The summed E-state index contributed by atoms with van der Waals surface area (Å²) in [6.07, 6.45) is 1.73. The van der Waals surface area contributed by atoms with Gasteiger partial charge in [0.15, 0.2) is 0 Å². The number of hydrogen-bond acceptors (Lipinski definition) is 6. The number of aliphatic hydroxyl groups is 2. The van der Waals surface area contributed by atoms with Crippen LogP contribution >= 0.6 is 0 Å². The molecule has 0 saturated heterocycles. The molecule has 0 fully saturated rings. The molecule has 0 unspecified atom stereocenters. The molecule has 0 spiro atoms. The number of carbonyl (C=O) groups is 2. The fourth-order valence-electron chi connectivity index (χ4n) is 1.09. The van der Waals surface area contributed by atoms with Gasteiger partial charge in [0.2, 0.25) is 0 Å². The van der Waals surface area contributed by atoms with Crippen molar-refractivity contribution in [2.45, 2.75) is 52.4 Å². The lowest BCUT2D eigenvalue weighted by Gasteiger charge is -2.23. The van der Waals surface area contributed by atoms with Gasteiger partial charge in [-0.1, -0.05) is 20.8 Å². The number of ether oxygens (including phenoxy) is 2. The van der Waals surface area contributed by atoms with E-state index in [4.69, 9.17) is 0 Å². The topological polar surface area (TPSA) is 93.1 Å². The minimum Gasteiger partial charge on any atom is -0.512 e. The lowest BCUT2D eigenvalue weighted by atomic mass is 10.2. The minimum atomic E-state index is -2.54. The molecule has 0 aromatic rings. The molecule has 18 heavy (non-hydrogen) atoms. The highest BCUT2D eigenvalue weighted by Gasteiger charge is 2.34. The van der Waals surface area contributed by atoms with Gasteiger partial charge in [-0.3, -0.25) is 9.59 Å². The van der Waals surface area contributed by atoms with E-state index >= 15 is 0 Å². The molecule has 104 valence electrons. The molecule has 0 rings (SSSR count). The molecule has 0 amide bonds. The Morgan fingerprint density at radius 3 is 1.89 bits per heavy atom. The Labute approximate surface area is 106 Å². The standard InChI is InChI=1S/C12H20O6/c1-4-7-9(13)8-12(16,17-10(14)5-2)18-11(15)6-3/h8,13,16H,4-7H2,1-3H3/b9-8-. The second kappa shape index (κ2) is 7.71. The van der Waals surface area contributed by atoms with Gasteiger partial charge in [-0.25, -0.2) is 0 Å².